The van der Waals surface area contributed by atoms with Crippen LogP contribution in [0.3, 0.4) is 0 Å². The molecule has 0 aliphatic rings. The molecule has 0 aliphatic heterocycles. The molecule has 2 nitrogen and oxygen atoms in total. The lowest BCUT2D eigenvalue weighted by atomic mass is 10.2. The predicted molar refractivity (Wildman–Crippen MR) is 62.3 cm³/mol. The van der Waals surface area contributed by atoms with Gasteiger partial charge in [0.25, 0.3) is 0 Å². The summed E-state index contributed by atoms with van der Waals surface area (Å²) >= 11 is 3.20. The highest BCUT2D eigenvalue weighted by atomic mass is 79.9. The van der Waals surface area contributed by atoms with Crippen molar-refractivity contribution in [3.8, 4) is 0 Å². The first-order valence-electron chi connectivity index (χ1n) is 4.87. The van der Waals surface area contributed by atoms with E-state index in [2.05, 4.69) is 27.4 Å². The van der Waals surface area contributed by atoms with Crippen molar-refractivity contribution in [2.45, 2.75) is 33.7 Å². The lowest BCUT2D eigenvalue weighted by Crippen LogP contribution is -2.05. The van der Waals surface area contributed by atoms with Crippen molar-refractivity contribution in [3.63, 3.8) is 0 Å². The smallest absolute Gasteiger partial charge is 0.175 e. The fourth-order valence-corrected chi connectivity index (χ4v) is 2.03. The van der Waals surface area contributed by atoms with Gasteiger partial charge in [-0.15, -0.1) is 0 Å². The van der Waals surface area contributed by atoms with Gasteiger partial charge in [-0.25, -0.2) is 0 Å². The number of rotatable bonds is 4. The Balaban J connectivity index is 3.10. The van der Waals surface area contributed by atoms with Crippen LogP contribution in [0.25, 0.3) is 0 Å². The van der Waals surface area contributed by atoms with Crippen molar-refractivity contribution in [3.05, 3.63) is 23.0 Å². The van der Waals surface area contributed by atoms with Crippen LogP contribution in [0, 0.1) is 13.8 Å². The summed E-state index contributed by atoms with van der Waals surface area (Å²) in [7, 11) is 0. The van der Waals surface area contributed by atoms with Gasteiger partial charge in [0.15, 0.2) is 5.78 Å². The summed E-state index contributed by atoms with van der Waals surface area (Å²) in [5.41, 5.74) is 3.12. The predicted octanol–water partition coefficient (Wildman–Crippen LogP) is 3.09. The van der Waals surface area contributed by atoms with E-state index in [-0.39, 0.29) is 5.78 Å². The number of aryl methyl sites for hydroxylation is 1. The first-order chi connectivity index (χ1) is 6.61. The molecule has 1 aromatic rings. The summed E-state index contributed by atoms with van der Waals surface area (Å²) in [4.78, 5) is 11.5. The van der Waals surface area contributed by atoms with Crippen molar-refractivity contribution in [1.29, 1.82) is 0 Å². The molecular weight excluding hydrogens is 242 g/mol. The third-order valence-electron chi connectivity index (χ3n) is 2.44. The van der Waals surface area contributed by atoms with Crippen molar-refractivity contribution < 1.29 is 4.79 Å². The summed E-state index contributed by atoms with van der Waals surface area (Å²) in [6.45, 7) is 7.20. The standard InChI is InChI=1S/C11H16BrNO/c1-4-5-13-8(2)6-10(9(13)3)11(14)7-12/h6H,4-5,7H2,1-3H3. The van der Waals surface area contributed by atoms with Gasteiger partial charge in [-0.3, -0.25) is 4.79 Å². The van der Waals surface area contributed by atoms with Gasteiger partial charge in [-0.1, -0.05) is 22.9 Å². The Morgan fingerprint density at radius 3 is 2.64 bits per heavy atom. The van der Waals surface area contributed by atoms with Crippen LogP contribution < -0.4 is 0 Å². The molecule has 0 fully saturated rings. The van der Waals surface area contributed by atoms with E-state index in [9.17, 15) is 4.79 Å². The second-order valence-corrected chi connectivity index (χ2v) is 4.05. The molecule has 3 heteroatoms. The average molecular weight is 258 g/mol. The second kappa shape index (κ2) is 4.78. The summed E-state index contributed by atoms with van der Waals surface area (Å²) in [6, 6.07) is 1.98. The largest absolute Gasteiger partial charge is 0.348 e. The van der Waals surface area contributed by atoms with E-state index in [4.69, 9.17) is 0 Å². The molecule has 0 aromatic carbocycles. The third kappa shape index (κ3) is 2.08. The van der Waals surface area contributed by atoms with Gasteiger partial charge < -0.3 is 4.57 Å². The molecule has 0 unspecified atom stereocenters. The highest BCUT2D eigenvalue weighted by Gasteiger charge is 2.13. The van der Waals surface area contributed by atoms with Gasteiger partial charge in [0.2, 0.25) is 0 Å². The minimum Gasteiger partial charge on any atom is -0.348 e. The SMILES string of the molecule is CCCn1c(C)cc(C(=O)CBr)c1C. The number of carbonyl (C=O) groups excluding carboxylic acids is 1. The molecule has 0 aliphatic carbocycles. The Hall–Kier alpha value is -0.570. The van der Waals surface area contributed by atoms with Crippen LogP contribution in [0.4, 0.5) is 0 Å². The fraction of sp³-hybridized carbons (Fsp3) is 0.545. The highest BCUT2D eigenvalue weighted by Crippen LogP contribution is 2.16. The van der Waals surface area contributed by atoms with Gasteiger partial charge in [0.1, 0.15) is 0 Å². The van der Waals surface area contributed by atoms with Crippen LogP contribution in [-0.2, 0) is 6.54 Å². The van der Waals surface area contributed by atoms with Crippen LogP contribution in [0.1, 0.15) is 35.1 Å². The van der Waals surface area contributed by atoms with E-state index in [1.807, 2.05) is 19.9 Å². The van der Waals surface area contributed by atoms with Gasteiger partial charge >= 0.3 is 0 Å². The number of hydrogen-bond donors (Lipinski definition) is 0. The molecule has 0 bridgehead atoms. The van der Waals surface area contributed by atoms with E-state index < -0.39 is 0 Å². The number of Topliss-reactive ketones (excluding diaryl/α,β-unsaturated/α-hetero) is 1. The third-order valence-corrected chi connectivity index (χ3v) is 2.95. The zero-order valence-corrected chi connectivity index (χ0v) is 10.5. The number of ketones is 1. The summed E-state index contributed by atoms with van der Waals surface area (Å²) in [5.74, 6) is 0.167. The lowest BCUT2D eigenvalue weighted by Gasteiger charge is -2.07. The molecule has 0 N–H and O–H groups in total. The average Bonchev–Trinajstić information content (AvgIpc) is 2.45. The van der Waals surface area contributed by atoms with Crippen LogP contribution >= 0.6 is 15.9 Å². The highest BCUT2D eigenvalue weighted by molar-refractivity contribution is 9.09. The molecule has 14 heavy (non-hydrogen) atoms. The zero-order chi connectivity index (χ0) is 10.7. The number of carbonyl (C=O) groups is 1. The molecule has 1 aromatic heterocycles. The monoisotopic (exact) mass is 257 g/mol. The topological polar surface area (TPSA) is 22.0 Å². The quantitative estimate of drug-likeness (QED) is 0.600. The molecule has 1 heterocycles. The number of halogens is 1. The number of hydrogen-bond acceptors (Lipinski definition) is 1. The Morgan fingerprint density at radius 1 is 1.50 bits per heavy atom. The van der Waals surface area contributed by atoms with Crippen LogP contribution in [0.5, 0.6) is 0 Å². The molecule has 0 saturated heterocycles. The summed E-state index contributed by atoms with van der Waals surface area (Å²) in [5, 5.41) is 0.406. The lowest BCUT2D eigenvalue weighted by molar-refractivity contribution is 0.102. The maximum atomic E-state index is 11.5. The van der Waals surface area contributed by atoms with Crippen molar-refractivity contribution in [2.24, 2.45) is 0 Å². The number of nitrogens with zero attached hydrogens (tertiary/aromatic N) is 1. The Kier molecular flexibility index (Phi) is 3.93. The van der Waals surface area contributed by atoms with Gasteiger partial charge in [-0.05, 0) is 26.3 Å². The molecule has 0 radical (unpaired) electrons. The molecule has 0 spiro atoms. The number of aromatic nitrogens is 1. The molecule has 78 valence electrons. The van der Waals surface area contributed by atoms with Crippen molar-refractivity contribution >= 4 is 21.7 Å². The molecule has 0 saturated carbocycles. The van der Waals surface area contributed by atoms with Crippen LogP contribution in [0.15, 0.2) is 6.07 Å². The fourth-order valence-electron chi connectivity index (χ4n) is 1.72. The van der Waals surface area contributed by atoms with E-state index in [0.717, 1.165) is 24.2 Å². The minimum atomic E-state index is 0.167. The van der Waals surface area contributed by atoms with Gasteiger partial charge in [-0.2, -0.15) is 0 Å². The maximum Gasteiger partial charge on any atom is 0.175 e. The molecule has 0 atom stereocenters. The summed E-state index contributed by atoms with van der Waals surface area (Å²) in [6.07, 6.45) is 1.10. The van der Waals surface area contributed by atoms with E-state index in [1.54, 1.807) is 0 Å². The van der Waals surface area contributed by atoms with E-state index >= 15 is 0 Å². The first kappa shape index (κ1) is 11.5. The molecule has 1 rings (SSSR count). The number of alkyl halides is 1. The van der Waals surface area contributed by atoms with Crippen LogP contribution in [-0.4, -0.2) is 15.7 Å². The van der Waals surface area contributed by atoms with Crippen LogP contribution in [0.2, 0.25) is 0 Å². The zero-order valence-electron chi connectivity index (χ0n) is 8.93. The second-order valence-electron chi connectivity index (χ2n) is 3.49. The van der Waals surface area contributed by atoms with Crippen molar-refractivity contribution in [1.82, 2.24) is 4.57 Å². The Labute approximate surface area is 93.4 Å². The normalized spacial score (nSPS) is 10.6. The molecular formula is C11H16BrNO. The molecule has 0 amide bonds. The van der Waals surface area contributed by atoms with Crippen molar-refractivity contribution in [2.75, 3.05) is 5.33 Å². The Morgan fingerprint density at radius 2 is 2.14 bits per heavy atom. The van der Waals surface area contributed by atoms with Gasteiger partial charge in [0, 0.05) is 23.5 Å². The first-order valence-corrected chi connectivity index (χ1v) is 5.99. The maximum absolute atomic E-state index is 11.5. The van der Waals surface area contributed by atoms with E-state index in [1.165, 1.54) is 5.69 Å². The van der Waals surface area contributed by atoms with Gasteiger partial charge in [0.05, 0.1) is 5.33 Å². The summed E-state index contributed by atoms with van der Waals surface area (Å²) < 4.78 is 2.20. The minimum absolute atomic E-state index is 0.167. The Bertz CT molecular complexity index is 341. The van der Waals surface area contributed by atoms with E-state index in [0.29, 0.717) is 5.33 Å².